The number of amides is 1. The first-order valence-electron chi connectivity index (χ1n) is 8.84. The highest BCUT2D eigenvalue weighted by Crippen LogP contribution is 2.23. The van der Waals surface area contributed by atoms with Crippen LogP contribution in [0.5, 0.6) is 5.75 Å². The van der Waals surface area contributed by atoms with Gasteiger partial charge < -0.3 is 10.1 Å². The summed E-state index contributed by atoms with van der Waals surface area (Å²) < 4.78 is 5.74. The molecule has 1 saturated carbocycles. The lowest BCUT2D eigenvalue weighted by Gasteiger charge is -2.20. The Hall–Kier alpha value is -2.29. The molecule has 0 spiro atoms. The Balaban J connectivity index is 1.45. The third-order valence-corrected chi connectivity index (χ3v) is 4.61. The van der Waals surface area contributed by atoms with Crippen LogP contribution >= 0.6 is 0 Å². The zero-order valence-corrected chi connectivity index (χ0v) is 14.0. The summed E-state index contributed by atoms with van der Waals surface area (Å²) in [5.41, 5.74) is 2.25. The van der Waals surface area contributed by atoms with Crippen molar-refractivity contribution in [1.82, 2.24) is 5.32 Å². The molecule has 0 aliphatic heterocycles. The minimum Gasteiger partial charge on any atom is -0.489 e. The molecule has 1 aliphatic rings. The van der Waals surface area contributed by atoms with Gasteiger partial charge in [-0.15, -0.1) is 0 Å². The Kier molecular flexibility index (Phi) is 5.89. The fraction of sp³-hybridized carbons (Fsp3) is 0.381. The maximum Gasteiger partial charge on any atom is 0.223 e. The quantitative estimate of drug-likeness (QED) is 0.852. The Labute approximate surface area is 144 Å². The number of carbonyl (C=O) groups excluding carboxylic acids is 1. The number of nitrogens with one attached hydrogen (secondary N) is 1. The van der Waals surface area contributed by atoms with Gasteiger partial charge in [0.2, 0.25) is 5.91 Å². The van der Waals surface area contributed by atoms with Gasteiger partial charge in [-0.1, -0.05) is 61.7 Å². The number of hydrogen-bond donors (Lipinski definition) is 1. The fourth-order valence-corrected chi connectivity index (χ4v) is 3.14. The predicted octanol–water partition coefficient (Wildman–Crippen LogP) is 4.46. The van der Waals surface area contributed by atoms with Crippen molar-refractivity contribution in [2.45, 2.75) is 45.3 Å². The van der Waals surface area contributed by atoms with Gasteiger partial charge >= 0.3 is 0 Å². The van der Waals surface area contributed by atoms with Gasteiger partial charge in [-0.05, 0) is 36.1 Å². The standard InChI is InChI=1S/C21H25NO2/c23-21(19-7-3-1-4-8-19)22-15-17-11-13-18(14-12-17)16-24-20-9-5-2-6-10-20/h2,5-6,9-14,19H,1,3-4,7-8,15-16H2,(H,22,23). The van der Waals surface area contributed by atoms with Gasteiger partial charge in [0.15, 0.2) is 0 Å². The van der Waals surface area contributed by atoms with E-state index >= 15 is 0 Å². The van der Waals surface area contributed by atoms with E-state index in [2.05, 4.69) is 29.6 Å². The van der Waals surface area contributed by atoms with Crippen molar-refractivity contribution in [1.29, 1.82) is 0 Å². The third-order valence-electron chi connectivity index (χ3n) is 4.61. The molecule has 1 aliphatic carbocycles. The van der Waals surface area contributed by atoms with Crippen LogP contribution in [0.3, 0.4) is 0 Å². The van der Waals surface area contributed by atoms with Gasteiger partial charge in [0.05, 0.1) is 0 Å². The van der Waals surface area contributed by atoms with Gasteiger partial charge in [-0.2, -0.15) is 0 Å². The maximum atomic E-state index is 12.2. The maximum absolute atomic E-state index is 12.2. The molecule has 3 heteroatoms. The smallest absolute Gasteiger partial charge is 0.223 e. The first-order valence-corrected chi connectivity index (χ1v) is 8.84. The molecular weight excluding hydrogens is 298 g/mol. The molecule has 0 radical (unpaired) electrons. The van der Waals surface area contributed by atoms with Crippen molar-refractivity contribution in [2.75, 3.05) is 0 Å². The molecule has 0 aromatic heterocycles. The van der Waals surface area contributed by atoms with E-state index in [1.54, 1.807) is 0 Å². The molecule has 1 amide bonds. The topological polar surface area (TPSA) is 38.3 Å². The van der Waals surface area contributed by atoms with Crippen molar-refractivity contribution < 1.29 is 9.53 Å². The zero-order valence-electron chi connectivity index (χ0n) is 14.0. The summed E-state index contributed by atoms with van der Waals surface area (Å²) >= 11 is 0. The van der Waals surface area contributed by atoms with Crippen molar-refractivity contribution in [3.8, 4) is 5.75 Å². The average Bonchev–Trinajstić information content (AvgIpc) is 2.67. The second kappa shape index (κ2) is 8.53. The zero-order chi connectivity index (χ0) is 16.6. The molecule has 3 nitrogen and oxygen atoms in total. The molecule has 0 unspecified atom stereocenters. The Morgan fingerprint density at radius 1 is 0.917 bits per heavy atom. The largest absolute Gasteiger partial charge is 0.489 e. The molecule has 3 rings (SSSR count). The van der Waals surface area contributed by atoms with Crippen LogP contribution < -0.4 is 10.1 Å². The van der Waals surface area contributed by atoms with Gasteiger partial charge in [-0.3, -0.25) is 4.79 Å². The third kappa shape index (κ3) is 4.85. The van der Waals surface area contributed by atoms with Crippen molar-refractivity contribution in [3.05, 3.63) is 65.7 Å². The highest BCUT2D eigenvalue weighted by Gasteiger charge is 2.20. The molecule has 2 aromatic carbocycles. The Morgan fingerprint density at radius 3 is 2.29 bits per heavy atom. The molecule has 0 atom stereocenters. The molecule has 1 N–H and O–H groups in total. The number of benzene rings is 2. The summed E-state index contributed by atoms with van der Waals surface area (Å²) in [6.45, 7) is 1.16. The number of para-hydroxylation sites is 1. The van der Waals surface area contributed by atoms with Crippen LogP contribution in [0.1, 0.15) is 43.2 Å². The molecule has 0 bridgehead atoms. The van der Waals surface area contributed by atoms with E-state index in [9.17, 15) is 4.79 Å². The molecule has 24 heavy (non-hydrogen) atoms. The first kappa shape index (κ1) is 16.6. The van der Waals surface area contributed by atoms with E-state index in [0.717, 1.165) is 29.7 Å². The highest BCUT2D eigenvalue weighted by atomic mass is 16.5. The lowest BCUT2D eigenvalue weighted by Crippen LogP contribution is -2.31. The fourth-order valence-electron chi connectivity index (χ4n) is 3.14. The van der Waals surface area contributed by atoms with Gasteiger partial charge in [-0.25, -0.2) is 0 Å². The molecule has 2 aromatic rings. The SMILES string of the molecule is O=C(NCc1ccc(COc2ccccc2)cc1)C1CCCCC1. The molecule has 126 valence electrons. The van der Waals surface area contributed by atoms with E-state index in [1.165, 1.54) is 19.3 Å². The van der Waals surface area contributed by atoms with Crippen LogP contribution in [-0.2, 0) is 17.9 Å². The lowest BCUT2D eigenvalue weighted by atomic mass is 9.88. The number of ether oxygens (including phenoxy) is 1. The summed E-state index contributed by atoms with van der Waals surface area (Å²) in [5.74, 6) is 1.31. The van der Waals surface area contributed by atoms with E-state index in [4.69, 9.17) is 4.74 Å². The summed E-state index contributed by atoms with van der Waals surface area (Å²) in [4.78, 5) is 12.2. The number of rotatable bonds is 6. The monoisotopic (exact) mass is 323 g/mol. The molecule has 1 fully saturated rings. The number of carbonyl (C=O) groups is 1. The number of hydrogen-bond acceptors (Lipinski definition) is 2. The highest BCUT2D eigenvalue weighted by molar-refractivity contribution is 5.78. The summed E-state index contributed by atoms with van der Waals surface area (Å²) in [6, 6.07) is 18.1. The Bertz CT molecular complexity index is 631. The van der Waals surface area contributed by atoms with Crippen LogP contribution in [0.15, 0.2) is 54.6 Å². The van der Waals surface area contributed by atoms with Crippen LogP contribution in [0.4, 0.5) is 0 Å². The molecule has 0 saturated heterocycles. The van der Waals surface area contributed by atoms with Crippen LogP contribution in [0.25, 0.3) is 0 Å². The first-order chi connectivity index (χ1) is 11.8. The van der Waals surface area contributed by atoms with Crippen LogP contribution in [0.2, 0.25) is 0 Å². The van der Waals surface area contributed by atoms with Crippen LogP contribution in [-0.4, -0.2) is 5.91 Å². The van der Waals surface area contributed by atoms with Gasteiger partial charge in [0, 0.05) is 12.5 Å². The normalized spacial score (nSPS) is 15.0. The van der Waals surface area contributed by atoms with Gasteiger partial charge in [0.25, 0.3) is 0 Å². The summed E-state index contributed by atoms with van der Waals surface area (Å²) in [5, 5.41) is 3.08. The van der Waals surface area contributed by atoms with Crippen molar-refractivity contribution in [3.63, 3.8) is 0 Å². The second-order valence-corrected chi connectivity index (χ2v) is 6.47. The predicted molar refractivity (Wildman–Crippen MR) is 95.6 cm³/mol. The van der Waals surface area contributed by atoms with Gasteiger partial charge in [0.1, 0.15) is 12.4 Å². The van der Waals surface area contributed by atoms with E-state index in [-0.39, 0.29) is 11.8 Å². The summed E-state index contributed by atoms with van der Waals surface area (Å²) in [6.07, 6.45) is 5.74. The Morgan fingerprint density at radius 2 is 1.58 bits per heavy atom. The second-order valence-electron chi connectivity index (χ2n) is 6.47. The van der Waals surface area contributed by atoms with Crippen LogP contribution in [0, 0.1) is 5.92 Å². The molecule has 0 heterocycles. The summed E-state index contributed by atoms with van der Waals surface area (Å²) in [7, 11) is 0. The van der Waals surface area contributed by atoms with E-state index in [0.29, 0.717) is 13.2 Å². The minimum atomic E-state index is 0.214. The van der Waals surface area contributed by atoms with E-state index in [1.807, 2.05) is 30.3 Å². The van der Waals surface area contributed by atoms with Crippen molar-refractivity contribution in [2.24, 2.45) is 5.92 Å². The lowest BCUT2D eigenvalue weighted by molar-refractivity contribution is -0.126. The minimum absolute atomic E-state index is 0.214. The molecular formula is C21H25NO2. The van der Waals surface area contributed by atoms with Crippen molar-refractivity contribution >= 4 is 5.91 Å². The van der Waals surface area contributed by atoms with E-state index < -0.39 is 0 Å². The average molecular weight is 323 g/mol.